The Morgan fingerprint density at radius 2 is 1.79 bits per heavy atom. The summed E-state index contributed by atoms with van der Waals surface area (Å²) < 4.78 is 10.9. The SMILES string of the molecule is CCOc1ccc(OCCN(C)C(=O)CCCl)cc1. The van der Waals surface area contributed by atoms with Gasteiger partial charge in [-0.05, 0) is 31.2 Å². The molecular weight excluding hydrogens is 266 g/mol. The van der Waals surface area contributed by atoms with Gasteiger partial charge in [-0.2, -0.15) is 0 Å². The molecule has 0 atom stereocenters. The lowest BCUT2D eigenvalue weighted by Gasteiger charge is -2.17. The summed E-state index contributed by atoms with van der Waals surface area (Å²) in [6.07, 6.45) is 0.362. The number of halogens is 1. The van der Waals surface area contributed by atoms with Crippen LogP contribution in [0.25, 0.3) is 0 Å². The monoisotopic (exact) mass is 285 g/mol. The highest BCUT2D eigenvalue weighted by atomic mass is 35.5. The maximum absolute atomic E-state index is 11.5. The zero-order chi connectivity index (χ0) is 14.1. The number of benzene rings is 1. The first kappa shape index (κ1) is 15.6. The zero-order valence-electron chi connectivity index (χ0n) is 11.4. The Balaban J connectivity index is 2.30. The van der Waals surface area contributed by atoms with Gasteiger partial charge in [0.1, 0.15) is 18.1 Å². The minimum absolute atomic E-state index is 0.0327. The number of likely N-dealkylation sites (N-methyl/N-ethyl adjacent to an activating group) is 1. The number of nitrogens with zero attached hydrogens (tertiary/aromatic N) is 1. The number of hydrogen-bond acceptors (Lipinski definition) is 3. The van der Waals surface area contributed by atoms with E-state index in [4.69, 9.17) is 21.1 Å². The molecule has 0 bridgehead atoms. The molecule has 1 aromatic rings. The summed E-state index contributed by atoms with van der Waals surface area (Å²) >= 11 is 5.52. The third kappa shape index (κ3) is 5.83. The summed E-state index contributed by atoms with van der Waals surface area (Å²) in [5.41, 5.74) is 0. The van der Waals surface area contributed by atoms with E-state index in [2.05, 4.69) is 0 Å². The molecule has 0 N–H and O–H groups in total. The minimum Gasteiger partial charge on any atom is -0.494 e. The molecule has 0 aromatic heterocycles. The molecule has 0 spiro atoms. The van der Waals surface area contributed by atoms with Gasteiger partial charge < -0.3 is 14.4 Å². The molecule has 1 amide bonds. The Morgan fingerprint density at radius 1 is 1.21 bits per heavy atom. The van der Waals surface area contributed by atoms with E-state index >= 15 is 0 Å². The van der Waals surface area contributed by atoms with Crippen LogP contribution in [0, 0.1) is 0 Å². The van der Waals surface area contributed by atoms with Crippen LogP contribution < -0.4 is 9.47 Å². The maximum Gasteiger partial charge on any atom is 0.223 e. The number of ether oxygens (including phenoxy) is 2. The highest BCUT2D eigenvalue weighted by Gasteiger charge is 2.07. The van der Waals surface area contributed by atoms with Gasteiger partial charge in [-0.15, -0.1) is 11.6 Å². The van der Waals surface area contributed by atoms with Gasteiger partial charge in [0, 0.05) is 19.3 Å². The fourth-order valence-corrected chi connectivity index (χ4v) is 1.66. The molecule has 0 aliphatic carbocycles. The molecular formula is C14H20ClNO3. The predicted octanol–water partition coefficient (Wildman–Crippen LogP) is 2.55. The van der Waals surface area contributed by atoms with Crippen LogP contribution in [0.4, 0.5) is 0 Å². The average molecular weight is 286 g/mol. The van der Waals surface area contributed by atoms with Crippen molar-refractivity contribution in [2.45, 2.75) is 13.3 Å². The van der Waals surface area contributed by atoms with Crippen LogP contribution in [0.3, 0.4) is 0 Å². The smallest absolute Gasteiger partial charge is 0.223 e. The van der Waals surface area contributed by atoms with Gasteiger partial charge in [0.25, 0.3) is 0 Å². The standard InChI is InChI=1S/C14H20ClNO3/c1-3-18-12-4-6-13(7-5-12)19-11-10-16(2)14(17)8-9-15/h4-7H,3,8-11H2,1-2H3. The van der Waals surface area contributed by atoms with E-state index in [1.165, 1.54) is 0 Å². The summed E-state index contributed by atoms with van der Waals surface area (Å²) in [5, 5.41) is 0. The first-order valence-corrected chi connectivity index (χ1v) is 6.86. The average Bonchev–Trinajstić information content (AvgIpc) is 2.41. The second-order valence-electron chi connectivity index (χ2n) is 4.01. The van der Waals surface area contributed by atoms with E-state index in [0.717, 1.165) is 11.5 Å². The first-order valence-electron chi connectivity index (χ1n) is 6.33. The van der Waals surface area contributed by atoms with Crippen molar-refractivity contribution in [3.63, 3.8) is 0 Å². The molecule has 0 saturated carbocycles. The van der Waals surface area contributed by atoms with E-state index in [1.807, 2.05) is 31.2 Å². The van der Waals surface area contributed by atoms with Gasteiger partial charge in [-0.1, -0.05) is 0 Å². The Labute approximate surface area is 119 Å². The molecule has 106 valence electrons. The molecule has 0 fully saturated rings. The number of alkyl halides is 1. The zero-order valence-corrected chi connectivity index (χ0v) is 12.2. The Kier molecular flexibility index (Phi) is 7.11. The Hall–Kier alpha value is -1.42. The van der Waals surface area contributed by atoms with Crippen LogP contribution in [-0.2, 0) is 4.79 Å². The van der Waals surface area contributed by atoms with Crippen LogP contribution >= 0.6 is 11.6 Å². The van der Waals surface area contributed by atoms with Crippen molar-refractivity contribution in [1.82, 2.24) is 4.90 Å². The predicted molar refractivity (Wildman–Crippen MR) is 76.1 cm³/mol. The fourth-order valence-electron chi connectivity index (χ4n) is 1.50. The van der Waals surface area contributed by atoms with Gasteiger partial charge in [-0.3, -0.25) is 4.79 Å². The summed E-state index contributed by atoms with van der Waals surface area (Å²) in [6.45, 7) is 3.59. The van der Waals surface area contributed by atoms with Crippen LogP contribution in [0.5, 0.6) is 11.5 Å². The second kappa shape index (κ2) is 8.64. The van der Waals surface area contributed by atoms with Gasteiger partial charge in [0.05, 0.1) is 13.2 Å². The second-order valence-corrected chi connectivity index (χ2v) is 4.39. The normalized spacial score (nSPS) is 10.1. The van der Waals surface area contributed by atoms with Crippen LogP contribution in [0.15, 0.2) is 24.3 Å². The van der Waals surface area contributed by atoms with E-state index in [1.54, 1.807) is 11.9 Å². The van der Waals surface area contributed by atoms with Gasteiger partial charge in [-0.25, -0.2) is 0 Å². The van der Waals surface area contributed by atoms with E-state index in [-0.39, 0.29) is 5.91 Å². The largest absolute Gasteiger partial charge is 0.494 e. The lowest BCUT2D eigenvalue weighted by Crippen LogP contribution is -2.30. The highest BCUT2D eigenvalue weighted by molar-refractivity contribution is 6.18. The summed E-state index contributed by atoms with van der Waals surface area (Å²) in [4.78, 5) is 13.1. The highest BCUT2D eigenvalue weighted by Crippen LogP contribution is 2.17. The van der Waals surface area contributed by atoms with Crippen molar-refractivity contribution in [3.8, 4) is 11.5 Å². The van der Waals surface area contributed by atoms with Crippen molar-refractivity contribution >= 4 is 17.5 Å². The number of carbonyl (C=O) groups is 1. The molecule has 0 aliphatic heterocycles. The number of rotatable bonds is 8. The molecule has 19 heavy (non-hydrogen) atoms. The van der Waals surface area contributed by atoms with E-state index in [0.29, 0.717) is 32.1 Å². The quantitative estimate of drug-likeness (QED) is 0.689. The Morgan fingerprint density at radius 3 is 2.32 bits per heavy atom. The van der Waals surface area contributed by atoms with Crippen molar-refractivity contribution in [1.29, 1.82) is 0 Å². The van der Waals surface area contributed by atoms with Crippen LogP contribution in [-0.4, -0.2) is 43.5 Å². The summed E-state index contributed by atoms with van der Waals surface area (Å²) in [6, 6.07) is 7.43. The molecule has 0 saturated heterocycles. The fraction of sp³-hybridized carbons (Fsp3) is 0.500. The number of amides is 1. The topological polar surface area (TPSA) is 38.8 Å². The van der Waals surface area contributed by atoms with Gasteiger partial charge >= 0.3 is 0 Å². The Bertz CT molecular complexity index is 381. The van der Waals surface area contributed by atoms with Crippen molar-refractivity contribution in [2.24, 2.45) is 0 Å². The van der Waals surface area contributed by atoms with E-state index in [9.17, 15) is 4.79 Å². The van der Waals surface area contributed by atoms with Crippen molar-refractivity contribution in [3.05, 3.63) is 24.3 Å². The van der Waals surface area contributed by atoms with Gasteiger partial charge in [0.2, 0.25) is 5.91 Å². The molecule has 0 heterocycles. The van der Waals surface area contributed by atoms with Gasteiger partial charge in [0.15, 0.2) is 0 Å². The lowest BCUT2D eigenvalue weighted by molar-refractivity contribution is -0.129. The van der Waals surface area contributed by atoms with E-state index < -0.39 is 0 Å². The summed E-state index contributed by atoms with van der Waals surface area (Å²) in [5.74, 6) is 1.97. The summed E-state index contributed by atoms with van der Waals surface area (Å²) in [7, 11) is 1.75. The van der Waals surface area contributed by atoms with Crippen molar-refractivity contribution in [2.75, 3.05) is 32.7 Å². The first-order chi connectivity index (χ1) is 9.17. The molecule has 0 unspecified atom stereocenters. The molecule has 1 rings (SSSR count). The molecule has 4 nitrogen and oxygen atoms in total. The molecule has 1 aromatic carbocycles. The maximum atomic E-state index is 11.5. The molecule has 5 heteroatoms. The lowest BCUT2D eigenvalue weighted by atomic mass is 10.3. The number of hydrogen-bond donors (Lipinski definition) is 0. The minimum atomic E-state index is 0.0327. The molecule has 0 radical (unpaired) electrons. The number of carbonyl (C=O) groups excluding carboxylic acids is 1. The van der Waals surface area contributed by atoms with Crippen LogP contribution in [0.2, 0.25) is 0 Å². The third-order valence-electron chi connectivity index (χ3n) is 2.56. The van der Waals surface area contributed by atoms with Crippen LogP contribution in [0.1, 0.15) is 13.3 Å². The molecule has 0 aliphatic rings. The third-order valence-corrected chi connectivity index (χ3v) is 2.75. The van der Waals surface area contributed by atoms with Crippen molar-refractivity contribution < 1.29 is 14.3 Å².